The molecule has 0 aromatic carbocycles. The number of aryl methyl sites for hydroxylation is 1. The Morgan fingerprint density at radius 3 is 2.90 bits per heavy atom. The quantitative estimate of drug-likeness (QED) is 0.750. The summed E-state index contributed by atoms with van der Waals surface area (Å²) in [5.74, 6) is -0.650. The highest BCUT2D eigenvalue weighted by Gasteiger charge is 2.10. The fourth-order valence-electron chi connectivity index (χ4n) is 1.35. The van der Waals surface area contributed by atoms with E-state index in [1.54, 1.807) is 6.92 Å². The van der Waals surface area contributed by atoms with E-state index in [-0.39, 0.29) is 31.4 Å². The second-order valence-corrected chi connectivity index (χ2v) is 4.88. The van der Waals surface area contributed by atoms with Crippen molar-refractivity contribution in [2.45, 2.75) is 20.1 Å². The Bertz CT molecular complexity index is 638. The molecule has 0 bridgehead atoms. The summed E-state index contributed by atoms with van der Waals surface area (Å²) in [5, 5.41) is 16.8. The topological polar surface area (TPSA) is 127 Å². The van der Waals surface area contributed by atoms with Gasteiger partial charge < -0.3 is 19.7 Å². The largest absolute Gasteiger partial charge is 0.476 e. The number of nitrogens with zero attached hydrogens (tertiary/aromatic N) is 3. The molecule has 21 heavy (non-hydrogen) atoms. The van der Waals surface area contributed by atoms with E-state index in [1.807, 2.05) is 0 Å². The zero-order valence-corrected chi connectivity index (χ0v) is 11.8. The van der Waals surface area contributed by atoms with Crippen molar-refractivity contribution >= 4 is 23.2 Å². The van der Waals surface area contributed by atoms with Crippen molar-refractivity contribution in [1.29, 1.82) is 0 Å². The zero-order chi connectivity index (χ0) is 15.2. The van der Waals surface area contributed by atoms with Crippen molar-refractivity contribution in [3.63, 3.8) is 0 Å². The molecule has 0 aliphatic rings. The van der Waals surface area contributed by atoms with Crippen molar-refractivity contribution in [1.82, 2.24) is 20.4 Å². The van der Waals surface area contributed by atoms with E-state index in [0.717, 1.165) is 11.3 Å². The Hall–Kier alpha value is -2.33. The molecule has 0 atom stereocenters. The SMILES string of the molecule is Cc1noc(COCC(=O)NCc2nc(C(=O)O)cs2)n1. The molecule has 2 rings (SSSR count). The third-order valence-corrected chi connectivity index (χ3v) is 3.08. The smallest absolute Gasteiger partial charge is 0.355 e. The number of carbonyl (C=O) groups is 2. The van der Waals surface area contributed by atoms with Crippen LogP contribution >= 0.6 is 11.3 Å². The minimum Gasteiger partial charge on any atom is -0.476 e. The molecule has 0 radical (unpaired) electrons. The number of hydrogen-bond acceptors (Lipinski definition) is 8. The molecular formula is C11H12N4O5S. The lowest BCUT2D eigenvalue weighted by Crippen LogP contribution is -2.27. The van der Waals surface area contributed by atoms with Gasteiger partial charge in [-0.3, -0.25) is 4.79 Å². The molecule has 0 spiro atoms. The van der Waals surface area contributed by atoms with Gasteiger partial charge in [-0.1, -0.05) is 5.16 Å². The van der Waals surface area contributed by atoms with E-state index in [9.17, 15) is 9.59 Å². The number of aromatic carboxylic acids is 1. The van der Waals surface area contributed by atoms with Crippen LogP contribution in [-0.2, 0) is 22.7 Å². The molecule has 0 fully saturated rings. The summed E-state index contributed by atoms with van der Waals surface area (Å²) >= 11 is 1.16. The summed E-state index contributed by atoms with van der Waals surface area (Å²) in [5.41, 5.74) is -0.0349. The number of nitrogens with one attached hydrogen (secondary N) is 1. The summed E-state index contributed by atoms with van der Waals surface area (Å²) in [4.78, 5) is 29.9. The van der Waals surface area contributed by atoms with Gasteiger partial charge in [-0.2, -0.15) is 4.98 Å². The molecule has 2 heterocycles. The van der Waals surface area contributed by atoms with E-state index in [1.165, 1.54) is 5.38 Å². The van der Waals surface area contributed by atoms with Gasteiger partial charge in [0.25, 0.3) is 5.89 Å². The second kappa shape index (κ2) is 6.90. The normalized spacial score (nSPS) is 10.5. The number of thiazole rings is 1. The van der Waals surface area contributed by atoms with Crippen molar-refractivity contribution in [2.24, 2.45) is 0 Å². The number of ether oxygens (including phenoxy) is 1. The number of carbonyl (C=O) groups excluding carboxylic acids is 1. The highest BCUT2D eigenvalue weighted by molar-refractivity contribution is 7.09. The molecule has 2 N–H and O–H groups in total. The van der Waals surface area contributed by atoms with Crippen LogP contribution in [-0.4, -0.2) is 38.7 Å². The average Bonchev–Trinajstić information content (AvgIpc) is 3.05. The van der Waals surface area contributed by atoms with Gasteiger partial charge in [0.05, 0.1) is 6.54 Å². The number of hydrogen-bond donors (Lipinski definition) is 2. The number of carboxylic acids is 1. The van der Waals surface area contributed by atoms with Crippen LogP contribution in [0.2, 0.25) is 0 Å². The number of rotatable bonds is 7. The molecule has 0 unspecified atom stereocenters. The first-order chi connectivity index (χ1) is 10.0. The third kappa shape index (κ3) is 4.61. The third-order valence-electron chi connectivity index (χ3n) is 2.24. The van der Waals surface area contributed by atoms with Gasteiger partial charge >= 0.3 is 5.97 Å². The van der Waals surface area contributed by atoms with Crippen LogP contribution < -0.4 is 5.32 Å². The highest BCUT2D eigenvalue weighted by Crippen LogP contribution is 2.09. The lowest BCUT2D eigenvalue weighted by atomic mass is 10.5. The molecule has 1 amide bonds. The Labute approximate surface area is 123 Å². The highest BCUT2D eigenvalue weighted by atomic mass is 32.1. The lowest BCUT2D eigenvalue weighted by molar-refractivity contribution is -0.126. The van der Waals surface area contributed by atoms with Gasteiger partial charge in [0.2, 0.25) is 5.91 Å². The molecular weight excluding hydrogens is 300 g/mol. The van der Waals surface area contributed by atoms with Gasteiger partial charge in [0.15, 0.2) is 11.5 Å². The monoisotopic (exact) mass is 312 g/mol. The van der Waals surface area contributed by atoms with Crippen LogP contribution in [0.15, 0.2) is 9.90 Å². The van der Waals surface area contributed by atoms with Crippen LogP contribution in [0.1, 0.15) is 27.2 Å². The second-order valence-electron chi connectivity index (χ2n) is 3.94. The number of carboxylic acid groups (broad SMARTS) is 1. The van der Waals surface area contributed by atoms with Crippen LogP contribution in [0.3, 0.4) is 0 Å². The summed E-state index contributed by atoms with van der Waals surface area (Å²) in [6, 6.07) is 0. The molecule has 2 aromatic heterocycles. The number of aromatic nitrogens is 3. The van der Waals surface area contributed by atoms with E-state index < -0.39 is 5.97 Å². The Morgan fingerprint density at radius 1 is 1.48 bits per heavy atom. The van der Waals surface area contributed by atoms with Crippen LogP contribution in [0.5, 0.6) is 0 Å². The van der Waals surface area contributed by atoms with Crippen molar-refractivity contribution in [2.75, 3.05) is 6.61 Å². The summed E-state index contributed by atoms with van der Waals surface area (Å²) in [7, 11) is 0. The number of amides is 1. The maximum absolute atomic E-state index is 11.5. The Morgan fingerprint density at radius 2 is 2.29 bits per heavy atom. The van der Waals surface area contributed by atoms with Crippen molar-refractivity contribution in [3.05, 3.63) is 27.8 Å². The summed E-state index contributed by atoms with van der Waals surface area (Å²) in [6.07, 6.45) is 0. The summed E-state index contributed by atoms with van der Waals surface area (Å²) in [6.45, 7) is 1.71. The Kier molecular flexibility index (Phi) is 4.95. The molecule has 0 saturated heterocycles. The van der Waals surface area contributed by atoms with Crippen molar-refractivity contribution in [3.8, 4) is 0 Å². The van der Waals surface area contributed by atoms with Gasteiger partial charge in [-0.15, -0.1) is 11.3 Å². The minimum absolute atomic E-state index is 0.0349. The predicted octanol–water partition coefficient (Wildman–Crippen LogP) is 0.366. The summed E-state index contributed by atoms with van der Waals surface area (Å²) < 4.78 is 9.93. The van der Waals surface area contributed by atoms with E-state index >= 15 is 0 Å². The molecule has 0 saturated carbocycles. The first kappa shape index (κ1) is 15.1. The van der Waals surface area contributed by atoms with Crippen LogP contribution in [0.25, 0.3) is 0 Å². The van der Waals surface area contributed by atoms with Crippen molar-refractivity contribution < 1.29 is 24.0 Å². The molecule has 2 aromatic rings. The van der Waals surface area contributed by atoms with Gasteiger partial charge in [-0.25, -0.2) is 9.78 Å². The van der Waals surface area contributed by atoms with Gasteiger partial charge in [0, 0.05) is 5.38 Å². The molecule has 112 valence electrons. The average molecular weight is 312 g/mol. The molecule has 9 nitrogen and oxygen atoms in total. The molecule has 10 heteroatoms. The Balaban J connectivity index is 1.68. The van der Waals surface area contributed by atoms with E-state index in [2.05, 4.69) is 20.4 Å². The zero-order valence-electron chi connectivity index (χ0n) is 11.0. The van der Waals surface area contributed by atoms with E-state index in [0.29, 0.717) is 16.7 Å². The molecule has 0 aliphatic carbocycles. The fourth-order valence-corrected chi connectivity index (χ4v) is 2.05. The first-order valence-corrected chi connectivity index (χ1v) is 6.74. The standard InChI is InChI=1S/C11H12N4O5S/c1-6-13-9(20-15-6)4-19-3-8(16)12-2-10-14-7(5-21-10)11(17)18/h5H,2-4H2,1H3,(H,12,16)(H,17,18). The minimum atomic E-state index is -1.10. The predicted molar refractivity (Wildman–Crippen MR) is 69.6 cm³/mol. The van der Waals surface area contributed by atoms with Gasteiger partial charge in [-0.05, 0) is 6.92 Å². The fraction of sp³-hybridized carbons (Fsp3) is 0.364. The maximum atomic E-state index is 11.5. The van der Waals surface area contributed by atoms with Crippen LogP contribution in [0.4, 0.5) is 0 Å². The molecule has 0 aliphatic heterocycles. The van der Waals surface area contributed by atoms with E-state index in [4.69, 9.17) is 14.4 Å². The maximum Gasteiger partial charge on any atom is 0.355 e. The lowest BCUT2D eigenvalue weighted by Gasteiger charge is -2.02. The van der Waals surface area contributed by atoms with Crippen LogP contribution in [0, 0.1) is 6.92 Å². The first-order valence-electron chi connectivity index (χ1n) is 5.86. The van der Waals surface area contributed by atoms with Gasteiger partial charge in [0.1, 0.15) is 18.2 Å².